The summed E-state index contributed by atoms with van der Waals surface area (Å²) in [6.45, 7) is 0. The number of nitrogens with two attached hydrogens (primary N) is 1. The third-order valence-corrected chi connectivity index (χ3v) is 1.62. The van der Waals surface area contributed by atoms with Crippen molar-refractivity contribution in [3.8, 4) is 5.75 Å². The molecular formula is C8H8FN3O2S. The van der Waals surface area contributed by atoms with Crippen molar-refractivity contribution in [2.24, 2.45) is 5.73 Å². The summed E-state index contributed by atoms with van der Waals surface area (Å²) in [5.74, 6) is -2.16. The third-order valence-electron chi connectivity index (χ3n) is 1.52. The summed E-state index contributed by atoms with van der Waals surface area (Å²) in [5, 5.41) is 9.07. The Morgan fingerprint density at radius 1 is 1.47 bits per heavy atom. The Kier molecular flexibility index (Phi) is 3.40. The predicted molar refractivity (Wildman–Crippen MR) is 55.5 cm³/mol. The minimum Gasteiger partial charge on any atom is -0.507 e. The number of hydrazine groups is 1. The van der Waals surface area contributed by atoms with E-state index in [0.29, 0.717) is 0 Å². The first kappa shape index (κ1) is 11.2. The standard InChI is InChI=1S/C8H8FN3O2S/c9-4-2-1-3-5(13)6(4)7(14)11-12-8(10)15/h1-3,13H,(H,11,14)(H3,10,12,15). The zero-order valence-corrected chi connectivity index (χ0v) is 8.27. The molecule has 0 aromatic heterocycles. The van der Waals surface area contributed by atoms with E-state index in [9.17, 15) is 14.3 Å². The highest BCUT2D eigenvalue weighted by Gasteiger charge is 2.15. The molecule has 1 amide bonds. The fourth-order valence-corrected chi connectivity index (χ4v) is 0.969. The van der Waals surface area contributed by atoms with Gasteiger partial charge in [-0.1, -0.05) is 6.07 Å². The number of hydrogen-bond acceptors (Lipinski definition) is 3. The number of phenols is 1. The average molecular weight is 229 g/mol. The van der Waals surface area contributed by atoms with Gasteiger partial charge in [0.15, 0.2) is 5.11 Å². The van der Waals surface area contributed by atoms with Gasteiger partial charge < -0.3 is 10.8 Å². The smallest absolute Gasteiger partial charge is 0.276 e. The van der Waals surface area contributed by atoms with Gasteiger partial charge in [0, 0.05) is 0 Å². The lowest BCUT2D eigenvalue weighted by molar-refractivity contribution is 0.0937. The van der Waals surface area contributed by atoms with Gasteiger partial charge in [-0.15, -0.1) is 0 Å². The number of nitrogens with one attached hydrogen (secondary N) is 2. The van der Waals surface area contributed by atoms with Crippen molar-refractivity contribution in [2.75, 3.05) is 0 Å². The number of carbonyl (C=O) groups is 1. The molecule has 0 saturated carbocycles. The Labute approximate surface area is 90.1 Å². The maximum absolute atomic E-state index is 13.1. The summed E-state index contributed by atoms with van der Waals surface area (Å²) >= 11 is 4.43. The number of benzene rings is 1. The molecule has 0 unspecified atom stereocenters. The zero-order chi connectivity index (χ0) is 11.4. The fraction of sp³-hybridized carbons (Fsp3) is 0. The molecule has 0 aliphatic carbocycles. The van der Waals surface area contributed by atoms with Crippen LogP contribution in [0.4, 0.5) is 4.39 Å². The van der Waals surface area contributed by atoms with E-state index in [1.807, 2.05) is 5.43 Å². The Morgan fingerprint density at radius 2 is 2.13 bits per heavy atom. The highest BCUT2D eigenvalue weighted by molar-refractivity contribution is 7.80. The lowest BCUT2D eigenvalue weighted by atomic mass is 10.2. The molecule has 1 aromatic rings. The minimum atomic E-state index is -0.863. The van der Waals surface area contributed by atoms with Crippen molar-refractivity contribution >= 4 is 23.2 Å². The fourth-order valence-electron chi connectivity index (χ4n) is 0.918. The molecule has 1 aromatic carbocycles. The highest BCUT2D eigenvalue weighted by Crippen LogP contribution is 2.18. The van der Waals surface area contributed by atoms with Gasteiger partial charge in [0.2, 0.25) is 0 Å². The van der Waals surface area contributed by atoms with Crippen LogP contribution in [-0.2, 0) is 0 Å². The largest absolute Gasteiger partial charge is 0.507 e. The molecule has 1 rings (SSSR count). The molecule has 5 N–H and O–H groups in total. The maximum Gasteiger partial charge on any atom is 0.276 e. The molecule has 0 radical (unpaired) electrons. The molecule has 5 nitrogen and oxygen atoms in total. The number of phenolic OH excluding ortho intramolecular Hbond substituents is 1. The van der Waals surface area contributed by atoms with Crippen LogP contribution in [0.25, 0.3) is 0 Å². The molecule has 0 heterocycles. The molecule has 7 heteroatoms. The number of hydrogen-bond donors (Lipinski definition) is 4. The molecule has 0 bridgehead atoms. The molecule has 0 atom stereocenters. The van der Waals surface area contributed by atoms with Gasteiger partial charge in [-0.05, 0) is 24.4 Å². The van der Waals surface area contributed by atoms with Crippen molar-refractivity contribution in [3.63, 3.8) is 0 Å². The van der Waals surface area contributed by atoms with Gasteiger partial charge >= 0.3 is 0 Å². The summed E-state index contributed by atoms with van der Waals surface area (Å²) in [4.78, 5) is 11.3. The van der Waals surface area contributed by atoms with Crippen LogP contribution < -0.4 is 16.6 Å². The van der Waals surface area contributed by atoms with Gasteiger partial charge in [-0.3, -0.25) is 15.6 Å². The molecule has 0 aliphatic heterocycles. The molecule has 0 fully saturated rings. The van der Waals surface area contributed by atoms with Crippen LogP contribution in [0.5, 0.6) is 5.75 Å². The van der Waals surface area contributed by atoms with Gasteiger partial charge in [-0.25, -0.2) is 4.39 Å². The number of halogens is 1. The lowest BCUT2D eigenvalue weighted by Crippen LogP contribution is -2.44. The van der Waals surface area contributed by atoms with Gasteiger partial charge in [0.05, 0.1) is 0 Å². The molecular weight excluding hydrogens is 221 g/mol. The Hall–Kier alpha value is -1.89. The van der Waals surface area contributed by atoms with Gasteiger partial charge in [0.25, 0.3) is 5.91 Å². The van der Waals surface area contributed by atoms with Gasteiger partial charge in [0.1, 0.15) is 17.1 Å². The lowest BCUT2D eigenvalue weighted by Gasteiger charge is -2.08. The van der Waals surface area contributed by atoms with E-state index in [1.54, 1.807) is 0 Å². The maximum atomic E-state index is 13.1. The number of aromatic hydroxyl groups is 1. The first-order valence-electron chi connectivity index (χ1n) is 3.85. The summed E-state index contributed by atoms with van der Waals surface area (Å²) in [6, 6.07) is 3.52. The Bertz CT molecular complexity index is 391. The van der Waals surface area contributed by atoms with Crippen LogP contribution in [0.15, 0.2) is 18.2 Å². The molecule has 0 aliphatic rings. The number of rotatable bonds is 1. The number of carbonyl (C=O) groups excluding carboxylic acids is 1. The van der Waals surface area contributed by atoms with E-state index < -0.39 is 23.0 Å². The predicted octanol–water partition coefficient (Wildman–Crippen LogP) is 0.00930. The second-order valence-electron chi connectivity index (χ2n) is 2.58. The molecule has 0 spiro atoms. The third kappa shape index (κ3) is 2.78. The summed E-state index contributed by atoms with van der Waals surface area (Å²) in [7, 11) is 0. The van der Waals surface area contributed by atoms with E-state index in [-0.39, 0.29) is 5.11 Å². The molecule has 0 saturated heterocycles. The SMILES string of the molecule is NC(=S)NNC(=O)c1c(O)cccc1F. The monoisotopic (exact) mass is 229 g/mol. The van der Waals surface area contributed by atoms with Gasteiger partial charge in [-0.2, -0.15) is 0 Å². The van der Waals surface area contributed by atoms with Crippen LogP contribution in [0.1, 0.15) is 10.4 Å². The number of amides is 1. The van der Waals surface area contributed by atoms with E-state index in [4.69, 9.17) is 5.73 Å². The van der Waals surface area contributed by atoms with Crippen LogP contribution in [0.3, 0.4) is 0 Å². The molecule has 15 heavy (non-hydrogen) atoms. The van der Waals surface area contributed by atoms with Crippen LogP contribution in [0, 0.1) is 5.82 Å². The van der Waals surface area contributed by atoms with Crippen LogP contribution >= 0.6 is 12.2 Å². The first-order chi connectivity index (χ1) is 7.02. The normalized spacial score (nSPS) is 9.40. The first-order valence-corrected chi connectivity index (χ1v) is 4.26. The van der Waals surface area contributed by atoms with E-state index in [2.05, 4.69) is 17.6 Å². The zero-order valence-electron chi connectivity index (χ0n) is 7.45. The van der Waals surface area contributed by atoms with E-state index >= 15 is 0 Å². The highest BCUT2D eigenvalue weighted by atomic mass is 32.1. The van der Waals surface area contributed by atoms with E-state index in [1.165, 1.54) is 12.1 Å². The number of thiocarbonyl (C=S) groups is 1. The van der Waals surface area contributed by atoms with Crippen molar-refractivity contribution in [1.82, 2.24) is 10.9 Å². The Balaban J connectivity index is 2.86. The Morgan fingerprint density at radius 3 is 2.67 bits per heavy atom. The van der Waals surface area contributed by atoms with Crippen LogP contribution in [-0.4, -0.2) is 16.1 Å². The summed E-state index contributed by atoms with van der Waals surface area (Å²) in [6.07, 6.45) is 0. The average Bonchev–Trinajstić information content (AvgIpc) is 2.14. The summed E-state index contributed by atoms with van der Waals surface area (Å²) < 4.78 is 13.1. The second-order valence-corrected chi connectivity index (χ2v) is 3.02. The van der Waals surface area contributed by atoms with Crippen LogP contribution in [0.2, 0.25) is 0 Å². The quantitative estimate of drug-likeness (QED) is 0.402. The van der Waals surface area contributed by atoms with E-state index in [0.717, 1.165) is 6.07 Å². The van der Waals surface area contributed by atoms with Crippen molar-refractivity contribution in [2.45, 2.75) is 0 Å². The van der Waals surface area contributed by atoms with Crippen molar-refractivity contribution in [1.29, 1.82) is 0 Å². The second kappa shape index (κ2) is 4.56. The summed E-state index contributed by atoms with van der Waals surface area (Å²) in [5.41, 5.74) is 8.73. The minimum absolute atomic E-state index is 0.167. The topological polar surface area (TPSA) is 87.4 Å². The van der Waals surface area contributed by atoms with Crippen molar-refractivity contribution in [3.05, 3.63) is 29.6 Å². The molecule has 80 valence electrons. The van der Waals surface area contributed by atoms with Crippen molar-refractivity contribution < 1.29 is 14.3 Å².